The van der Waals surface area contributed by atoms with Crippen molar-refractivity contribution in [3.05, 3.63) is 29.8 Å². The van der Waals surface area contributed by atoms with Crippen molar-refractivity contribution in [2.24, 2.45) is 5.41 Å². The van der Waals surface area contributed by atoms with Gasteiger partial charge in [-0.2, -0.15) is 0 Å². The number of rotatable bonds is 5. The lowest BCUT2D eigenvalue weighted by Crippen LogP contribution is -2.44. The van der Waals surface area contributed by atoms with Crippen molar-refractivity contribution in [3.8, 4) is 0 Å². The molecule has 0 radical (unpaired) electrons. The molecule has 1 heterocycles. The molecule has 3 nitrogen and oxygen atoms in total. The van der Waals surface area contributed by atoms with Gasteiger partial charge in [0.05, 0.1) is 0 Å². The fourth-order valence-electron chi connectivity index (χ4n) is 2.85. The van der Waals surface area contributed by atoms with Gasteiger partial charge in [-0.1, -0.05) is 13.8 Å². The van der Waals surface area contributed by atoms with E-state index >= 15 is 0 Å². The van der Waals surface area contributed by atoms with E-state index in [2.05, 4.69) is 13.8 Å². The molecule has 1 aliphatic rings. The number of nitrogens with zero attached hydrogens (tertiary/aromatic N) is 1. The first-order valence-corrected chi connectivity index (χ1v) is 8.75. The average molecular weight is 307 g/mol. The predicted octanol–water partition coefficient (Wildman–Crippen LogP) is 3.42. The van der Waals surface area contributed by atoms with Gasteiger partial charge >= 0.3 is 0 Å². The average Bonchev–Trinajstić information content (AvgIpc) is 2.55. The summed E-state index contributed by atoms with van der Waals surface area (Å²) >= 11 is 1.78. The summed E-state index contributed by atoms with van der Waals surface area (Å²) in [6.07, 6.45) is 2.78. The molecule has 1 saturated heterocycles. The number of aliphatic hydroxyl groups is 1. The number of carbonyl (C=O) groups is 1. The monoisotopic (exact) mass is 307 g/mol. The molecule has 21 heavy (non-hydrogen) atoms. The van der Waals surface area contributed by atoms with Crippen LogP contribution in [0.15, 0.2) is 29.2 Å². The third-order valence-electron chi connectivity index (χ3n) is 4.61. The molecule has 1 N–H and O–H groups in total. The highest BCUT2D eigenvalue weighted by atomic mass is 32.2. The Balaban J connectivity index is 1.98. The molecule has 1 aromatic rings. The van der Waals surface area contributed by atoms with Crippen molar-refractivity contribution in [1.82, 2.24) is 4.90 Å². The molecule has 0 aromatic heterocycles. The molecule has 1 amide bonds. The lowest BCUT2D eigenvalue weighted by molar-refractivity contribution is 0.0338. The quantitative estimate of drug-likeness (QED) is 0.847. The first-order valence-electron chi connectivity index (χ1n) is 7.77. The SMILES string of the molecule is CCSc1ccc(C(=O)N2CCC(CC)(CO)CC2)cc1. The Morgan fingerprint density at radius 2 is 1.86 bits per heavy atom. The Morgan fingerprint density at radius 1 is 1.24 bits per heavy atom. The number of carbonyl (C=O) groups excluding carboxylic acids is 1. The summed E-state index contributed by atoms with van der Waals surface area (Å²) in [6, 6.07) is 7.90. The Bertz CT molecular complexity index is 458. The molecule has 1 aliphatic heterocycles. The molecular formula is C17H25NO2S. The van der Waals surface area contributed by atoms with Crippen LogP contribution < -0.4 is 0 Å². The smallest absolute Gasteiger partial charge is 0.253 e. The van der Waals surface area contributed by atoms with E-state index in [1.165, 1.54) is 4.90 Å². The van der Waals surface area contributed by atoms with Gasteiger partial charge in [-0.25, -0.2) is 0 Å². The Labute approximate surface area is 131 Å². The van der Waals surface area contributed by atoms with Gasteiger partial charge in [0.15, 0.2) is 0 Å². The van der Waals surface area contributed by atoms with Gasteiger partial charge in [-0.05, 0) is 54.7 Å². The van der Waals surface area contributed by atoms with E-state index < -0.39 is 0 Å². The maximum absolute atomic E-state index is 12.5. The van der Waals surface area contributed by atoms with E-state index in [0.717, 1.165) is 43.7 Å². The number of hydrogen-bond donors (Lipinski definition) is 1. The van der Waals surface area contributed by atoms with E-state index in [1.807, 2.05) is 29.2 Å². The minimum absolute atomic E-state index is 0.0262. The van der Waals surface area contributed by atoms with Gasteiger partial charge < -0.3 is 10.0 Å². The predicted molar refractivity (Wildman–Crippen MR) is 87.8 cm³/mol. The standard InChI is InChI=1S/C17H25NO2S/c1-3-17(13-19)9-11-18(12-10-17)16(20)14-5-7-15(8-6-14)21-4-2/h5-8,19H,3-4,9-13H2,1-2H3. The van der Waals surface area contributed by atoms with E-state index in [4.69, 9.17) is 0 Å². The molecule has 4 heteroatoms. The number of aliphatic hydroxyl groups excluding tert-OH is 1. The number of benzene rings is 1. The summed E-state index contributed by atoms with van der Waals surface area (Å²) in [6.45, 7) is 5.97. The molecule has 116 valence electrons. The number of likely N-dealkylation sites (tertiary alicyclic amines) is 1. The third kappa shape index (κ3) is 3.80. The van der Waals surface area contributed by atoms with Crippen molar-refractivity contribution < 1.29 is 9.90 Å². The highest BCUT2D eigenvalue weighted by Crippen LogP contribution is 2.34. The number of thioether (sulfide) groups is 1. The second-order valence-electron chi connectivity index (χ2n) is 5.76. The van der Waals surface area contributed by atoms with E-state index in [1.54, 1.807) is 11.8 Å². The van der Waals surface area contributed by atoms with Crippen molar-refractivity contribution in [3.63, 3.8) is 0 Å². The van der Waals surface area contributed by atoms with Crippen LogP contribution in [0.1, 0.15) is 43.5 Å². The molecule has 0 aliphatic carbocycles. The van der Waals surface area contributed by atoms with Crippen molar-refractivity contribution in [2.45, 2.75) is 38.0 Å². The molecule has 0 atom stereocenters. The number of amides is 1. The van der Waals surface area contributed by atoms with Gasteiger partial charge in [0.25, 0.3) is 5.91 Å². The van der Waals surface area contributed by atoms with E-state index in [9.17, 15) is 9.90 Å². The second-order valence-corrected chi connectivity index (χ2v) is 7.10. The lowest BCUT2D eigenvalue weighted by Gasteiger charge is -2.40. The van der Waals surface area contributed by atoms with E-state index in [-0.39, 0.29) is 17.9 Å². The summed E-state index contributed by atoms with van der Waals surface area (Å²) in [5.41, 5.74) is 0.793. The molecule has 0 unspecified atom stereocenters. The van der Waals surface area contributed by atoms with Gasteiger partial charge in [0.2, 0.25) is 0 Å². The van der Waals surface area contributed by atoms with Gasteiger partial charge in [-0.15, -0.1) is 11.8 Å². The van der Waals surface area contributed by atoms with Crippen LogP contribution in [0.2, 0.25) is 0 Å². The first-order chi connectivity index (χ1) is 10.1. The zero-order chi connectivity index (χ0) is 15.3. The fraction of sp³-hybridized carbons (Fsp3) is 0.588. The van der Waals surface area contributed by atoms with Crippen LogP contribution in [0, 0.1) is 5.41 Å². The highest BCUT2D eigenvalue weighted by molar-refractivity contribution is 7.99. The van der Waals surface area contributed by atoms with Crippen LogP contribution in [0.25, 0.3) is 0 Å². The van der Waals surface area contributed by atoms with Gasteiger partial charge in [0.1, 0.15) is 0 Å². The minimum atomic E-state index is 0.0262. The molecule has 0 spiro atoms. The minimum Gasteiger partial charge on any atom is -0.396 e. The second kappa shape index (κ2) is 7.32. The lowest BCUT2D eigenvalue weighted by atomic mass is 9.77. The van der Waals surface area contributed by atoms with E-state index in [0.29, 0.717) is 0 Å². The van der Waals surface area contributed by atoms with Crippen molar-refractivity contribution in [1.29, 1.82) is 0 Å². The first kappa shape index (κ1) is 16.4. The molecule has 0 saturated carbocycles. The summed E-state index contributed by atoms with van der Waals surface area (Å²) in [4.78, 5) is 15.6. The largest absolute Gasteiger partial charge is 0.396 e. The van der Waals surface area contributed by atoms with Crippen LogP contribution in [-0.4, -0.2) is 41.4 Å². The van der Waals surface area contributed by atoms with Crippen LogP contribution in [0.3, 0.4) is 0 Å². The maximum atomic E-state index is 12.5. The molecule has 1 aromatic carbocycles. The van der Waals surface area contributed by atoms with Crippen molar-refractivity contribution in [2.75, 3.05) is 25.4 Å². The molecular weight excluding hydrogens is 282 g/mol. The summed E-state index contributed by atoms with van der Waals surface area (Å²) in [5.74, 6) is 1.16. The zero-order valence-corrected chi connectivity index (χ0v) is 13.8. The molecule has 0 bridgehead atoms. The summed E-state index contributed by atoms with van der Waals surface area (Å²) in [5, 5.41) is 9.56. The van der Waals surface area contributed by atoms with Crippen LogP contribution in [0.4, 0.5) is 0 Å². The molecule has 1 fully saturated rings. The van der Waals surface area contributed by atoms with Gasteiger partial charge in [0, 0.05) is 30.2 Å². The topological polar surface area (TPSA) is 40.5 Å². The normalized spacial score (nSPS) is 17.8. The summed E-state index contributed by atoms with van der Waals surface area (Å²) in [7, 11) is 0. The molecule has 2 rings (SSSR count). The van der Waals surface area contributed by atoms with Crippen LogP contribution in [0.5, 0.6) is 0 Å². The van der Waals surface area contributed by atoms with Crippen LogP contribution >= 0.6 is 11.8 Å². The zero-order valence-electron chi connectivity index (χ0n) is 13.0. The fourth-order valence-corrected chi connectivity index (χ4v) is 3.51. The number of hydrogen-bond acceptors (Lipinski definition) is 3. The Kier molecular flexibility index (Phi) is 5.71. The third-order valence-corrected chi connectivity index (χ3v) is 5.50. The maximum Gasteiger partial charge on any atom is 0.253 e. The highest BCUT2D eigenvalue weighted by Gasteiger charge is 2.34. The Morgan fingerprint density at radius 3 is 2.33 bits per heavy atom. The summed E-state index contributed by atoms with van der Waals surface area (Å²) < 4.78 is 0. The van der Waals surface area contributed by atoms with Crippen molar-refractivity contribution >= 4 is 17.7 Å². The Hall–Kier alpha value is -1.00. The van der Waals surface area contributed by atoms with Crippen LogP contribution in [-0.2, 0) is 0 Å². The number of piperidine rings is 1. The van der Waals surface area contributed by atoms with Gasteiger partial charge in [-0.3, -0.25) is 4.79 Å².